The molecular weight excluding hydrogens is 208 g/mol. The van der Waals surface area contributed by atoms with Crippen LogP contribution in [0.3, 0.4) is 0 Å². The van der Waals surface area contributed by atoms with E-state index in [9.17, 15) is 19.2 Å². The molecule has 0 unspecified atom stereocenters. The molecule has 0 bridgehead atoms. The molecule has 0 aliphatic heterocycles. The molecule has 7 heteroatoms. The molecule has 3 N–H and O–H groups in total. The van der Waals surface area contributed by atoms with Crippen molar-refractivity contribution in [3.63, 3.8) is 0 Å². The van der Waals surface area contributed by atoms with Gasteiger partial charge in [-0.1, -0.05) is 6.92 Å². The summed E-state index contributed by atoms with van der Waals surface area (Å²) in [4.78, 5) is 39.1. The Bertz CT molecular complexity index is 256. The van der Waals surface area contributed by atoms with Crippen molar-refractivity contribution in [2.75, 3.05) is 0 Å². The fourth-order valence-corrected chi connectivity index (χ4v) is 0.327. The third kappa shape index (κ3) is 14.9. The van der Waals surface area contributed by atoms with Crippen molar-refractivity contribution in [3.8, 4) is 0 Å². The van der Waals surface area contributed by atoms with Crippen LogP contribution >= 0.6 is 0 Å². The van der Waals surface area contributed by atoms with Crippen LogP contribution in [0.15, 0.2) is 0 Å². The Labute approximate surface area is 85.3 Å². The second kappa shape index (κ2) is 8.67. The van der Waals surface area contributed by atoms with Crippen LogP contribution in [0.2, 0.25) is 0 Å². The smallest absolute Gasteiger partial charge is 0.372 e. The van der Waals surface area contributed by atoms with Crippen molar-refractivity contribution >= 4 is 23.7 Å². The van der Waals surface area contributed by atoms with Gasteiger partial charge in [0.2, 0.25) is 5.78 Å². The van der Waals surface area contributed by atoms with Crippen LogP contribution < -0.4 is 0 Å². The summed E-state index contributed by atoms with van der Waals surface area (Å²) in [6, 6.07) is 0. The molecule has 0 aliphatic carbocycles. The first-order chi connectivity index (χ1) is 6.81. The van der Waals surface area contributed by atoms with Gasteiger partial charge in [-0.3, -0.25) is 14.4 Å². The van der Waals surface area contributed by atoms with Gasteiger partial charge in [0.1, 0.15) is 0 Å². The van der Waals surface area contributed by atoms with E-state index >= 15 is 0 Å². The zero-order valence-corrected chi connectivity index (χ0v) is 8.10. The third-order valence-corrected chi connectivity index (χ3v) is 1.11. The van der Waals surface area contributed by atoms with Gasteiger partial charge in [0.05, 0.1) is 6.42 Å². The lowest BCUT2D eigenvalue weighted by atomic mass is 10.2. The van der Waals surface area contributed by atoms with Gasteiger partial charge in [-0.25, -0.2) is 4.79 Å². The molecule has 86 valence electrons. The van der Waals surface area contributed by atoms with Crippen molar-refractivity contribution < 1.29 is 34.5 Å². The van der Waals surface area contributed by atoms with Gasteiger partial charge in [-0.15, -0.1) is 0 Å². The Kier molecular flexibility index (Phi) is 8.98. The number of hydrogen-bond donors (Lipinski definition) is 3. The van der Waals surface area contributed by atoms with E-state index in [0.29, 0.717) is 0 Å². The van der Waals surface area contributed by atoms with Crippen molar-refractivity contribution in [2.45, 2.75) is 26.2 Å². The Morgan fingerprint density at radius 2 is 1.27 bits per heavy atom. The van der Waals surface area contributed by atoms with Crippen molar-refractivity contribution in [1.29, 1.82) is 0 Å². The second-order valence-corrected chi connectivity index (χ2v) is 2.37. The Balaban J connectivity index is 0. The number of Topliss-reactive ketones (excluding diaryl/α,β-unsaturated/α-hetero) is 1. The van der Waals surface area contributed by atoms with Crippen LogP contribution in [0.25, 0.3) is 0 Å². The fourth-order valence-electron chi connectivity index (χ4n) is 0.327. The van der Waals surface area contributed by atoms with Crippen molar-refractivity contribution in [3.05, 3.63) is 0 Å². The summed E-state index contributed by atoms with van der Waals surface area (Å²) < 4.78 is 0. The quantitative estimate of drug-likeness (QED) is 0.555. The Morgan fingerprint density at radius 3 is 1.47 bits per heavy atom. The lowest BCUT2D eigenvalue weighted by Crippen LogP contribution is -2.13. The van der Waals surface area contributed by atoms with Gasteiger partial charge in [0.25, 0.3) is 0 Å². The minimum atomic E-state index is -1.58. The highest BCUT2D eigenvalue weighted by Gasteiger charge is 2.12. The van der Waals surface area contributed by atoms with Crippen LogP contribution in [0, 0.1) is 0 Å². The summed E-state index contributed by atoms with van der Waals surface area (Å²) in [6.07, 6.45) is -0.643. The summed E-state index contributed by atoms with van der Waals surface area (Å²) >= 11 is 0. The number of carbonyl (C=O) groups is 4. The topological polar surface area (TPSA) is 129 Å². The molecule has 0 spiro atoms. The number of carbonyl (C=O) groups excluding carboxylic acids is 1. The zero-order chi connectivity index (χ0) is 12.4. The largest absolute Gasteiger partial charge is 0.481 e. The standard InChI is InChI=1S/C5H6O5.C3H6O2/c6-3(5(9)10)1-2-4(7)8;1-2-3(4)5/h1-2H2,(H,7,8)(H,9,10);2H2,1H3,(H,4,5). The number of rotatable bonds is 5. The van der Waals surface area contributed by atoms with E-state index in [1.165, 1.54) is 0 Å². The highest BCUT2D eigenvalue weighted by Crippen LogP contribution is 1.89. The Morgan fingerprint density at radius 1 is 0.867 bits per heavy atom. The van der Waals surface area contributed by atoms with Crippen LogP contribution in [-0.2, 0) is 19.2 Å². The SMILES string of the molecule is CCC(=O)O.O=C(O)CCC(=O)C(=O)O. The van der Waals surface area contributed by atoms with Gasteiger partial charge in [0, 0.05) is 12.8 Å². The average molecular weight is 220 g/mol. The van der Waals surface area contributed by atoms with E-state index in [1.807, 2.05) is 0 Å². The normalized spacial score (nSPS) is 8.33. The van der Waals surface area contributed by atoms with E-state index < -0.39 is 36.5 Å². The van der Waals surface area contributed by atoms with Gasteiger partial charge >= 0.3 is 17.9 Å². The van der Waals surface area contributed by atoms with Gasteiger partial charge in [-0.05, 0) is 0 Å². The summed E-state index contributed by atoms with van der Waals surface area (Å²) in [5.74, 6) is -4.57. The van der Waals surface area contributed by atoms with Crippen LogP contribution in [0.5, 0.6) is 0 Å². The molecule has 0 aromatic heterocycles. The molecule has 7 nitrogen and oxygen atoms in total. The predicted molar refractivity (Wildman–Crippen MR) is 47.4 cm³/mol. The highest BCUT2D eigenvalue weighted by atomic mass is 16.4. The van der Waals surface area contributed by atoms with Crippen LogP contribution in [0.4, 0.5) is 0 Å². The zero-order valence-electron chi connectivity index (χ0n) is 8.10. The van der Waals surface area contributed by atoms with E-state index in [1.54, 1.807) is 6.92 Å². The van der Waals surface area contributed by atoms with Gasteiger partial charge < -0.3 is 15.3 Å². The molecule has 0 rings (SSSR count). The number of carboxylic acids is 3. The maximum Gasteiger partial charge on any atom is 0.372 e. The summed E-state index contributed by atoms with van der Waals surface area (Å²) in [5, 5.41) is 23.7. The monoisotopic (exact) mass is 220 g/mol. The molecule has 0 heterocycles. The molecule has 0 aromatic carbocycles. The molecule has 0 saturated carbocycles. The van der Waals surface area contributed by atoms with Crippen molar-refractivity contribution in [1.82, 2.24) is 0 Å². The third-order valence-electron chi connectivity index (χ3n) is 1.11. The van der Waals surface area contributed by atoms with Crippen LogP contribution in [-0.4, -0.2) is 39.0 Å². The molecule has 0 fully saturated rings. The molecule has 0 radical (unpaired) electrons. The molecule has 0 amide bonds. The predicted octanol–water partition coefficient (Wildman–Crippen LogP) is -0.0141. The summed E-state index contributed by atoms with van der Waals surface area (Å²) in [7, 11) is 0. The van der Waals surface area contributed by atoms with E-state index in [4.69, 9.17) is 15.3 Å². The second-order valence-electron chi connectivity index (χ2n) is 2.37. The van der Waals surface area contributed by atoms with E-state index in [0.717, 1.165) is 0 Å². The molecule has 0 aliphatic rings. The molecular formula is C8H12O7. The molecule has 0 saturated heterocycles. The number of ketones is 1. The van der Waals surface area contributed by atoms with E-state index in [-0.39, 0.29) is 6.42 Å². The first kappa shape index (κ1) is 15.5. The lowest BCUT2D eigenvalue weighted by Gasteiger charge is -1.88. The lowest BCUT2D eigenvalue weighted by molar-refractivity contribution is -0.149. The average Bonchev–Trinajstić information content (AvgIpc) is 2.14. The molecule has 15 heavy (non-hydrogen) atoms. The van der Waals surface area contributed by atoms with E-state index in [2.05, 4.69) is 0 Å². The maximum absolute atomic E-state index is 10.2. The first-order valence-corrected chi connectivity index (χ1v) is 4.01. The first-order valence-electron chi connectivity index (χ1n) is 4.01. The molecule has 0 aromatic rings. The number of aliphatic carboxylic acids is 3. The minimum Gasteiger partial charge on any atom is -0.481 e. The fraction of sp³-hybridized carbons (Fsp3) is 0.500. The summed E-state index contributed by atoms with van der Waals surface area (Å²) in [5.41, 5.74) is 0. The Hall–Kier alpha value is -1.92. The summed E-state index contributed by atoms with van der Waals surface area (Å²) in [6.45, 7) is 1.60. The maximum atomic E-state index is 10.2. The molecule has 0 atom stereocenters. The van der Waals surface area contributed by atoms with Gasteiger partial charge in [0.15, 0.2) is 0 Å². The number of carboxylic acid groups (broad SMARTS) is 3. The van der Waals surface area contributed by atoms with Gasteiger partial charge in [-0.2, -0.15) is 0 Å². The minimum absolute atomic E-state index is 0.222. The number of hydrogen-bond acceptors (Lipinski definition) is 4. The highest BCUT2D eigenvalue weighted by molar-refractivity contribution is 6.32. The van der Waals surface area contributed by atoms with Crippen molar-refractivity contribution in [2.24, 2.45) is 0 Å². The van der Waals surface area contributed by atoms with Crippen LogP contribution in [0.1, 0.15) is 26.2 Å².